The van der Waals surface area contributed by atoms with Crippen LogP contribution in [0, 0.1) is 13.8 Å². The van der Waals surface area contributed by atoms with E-state index < -0.39 is 0 Å². The Morgan fingerprint density at radius 2 is 1.91 bits per heavy atom. The van der Waals surface area contributed by atoms with Gasteiger partial charge in [-0.2, -0.15) is 14.7 Å². The molecule has 0 aliphatic carbocycles. The molecule has 0 aliphatic heterocycles. The summed E-state index contributed by atoms with van der Waals surface area (Å²) in [5.74, 6) is 0.343. The van der Waals surface area contributed by atoms with Crippen LogP contribution in [0.1, 0.15) is 49.8 Å². The summed E-state index contributed by atoms with van der Waals surface area (Å²) in [6.07, 6.45) is 1.64. The number of nitrogens with one attached hydrogen (secondary N) is 1. The predicted octanol–water partition coefficient (Wildman–Crippen LogP) is 2.73. The average Bonchev–Trinajstić information content (AvgIpc) is 3.10. The molecule has 3 aromatic heterocycles. The second kappa shape index (κ2) is 5.98. The maximum atomic E-state index is 4.55. The van der Waals surface area contributed by atoms with Crippen LogP contribution in [0.4, 0.5) is 5.69 Å². The van der Waals surface area contributed by atoms with Crippen molar-refractivity contribution in [3.63, 3.8) is 0 Å². The first-order chi connectivity index (χ1) is 11.0. The number of fused-ring (bicyclic) bond motifs is 1. The van der Waals surface area contributed by atoms with Crippen LogP contribution < -0.4 is 5.32 Å². The summed E-state index contributed by atoms with van der Waals surface area (Å²) in [5.41, 5.74) is 4.92. The summed E-state index contributed by atoms with van der Waals surface area (Å²) in [4.78, 5) is 0. The molecule has 0 aromatic carbocycles. The molecule has 0 fully saturated rings. The van der Waals surface area contributed by atoms with Crippen molar-refractivity contribution in [3.05, 3.63) is 35.5 Å². The molecule has 0 radical (unpaired) electrons. The molecule has 0 bridgehead atoms. The van der Waals surface area contributed by atoms with Crippen LogP contribution in [0.5, 0.6) is 0 Å². The highest BCUT2D eigenvalue weighted by Gasteiger charge is 2.13. The third-order valence-corrected chi connectivity index (χ3v) is 3.93. The Hall–Kier alpha value is -2.44. The van der Waals surface area contributed by atoms with Gasteiger partial charge in [-0.25, -0.2) is 0 Å². The first-order valence-corrected chi connectivity index (χ1v) is 7.93. The molecule has 0 aliphatic rings. The van der Waals surface area contributed by atoms with Crippen molar-refractivity contribution >= 4 is 11.3 Å². The van der Waals surface area contributed by atoms with Crippen LogP contribution in [-0.4, -0.2) is 36.1 Å². The largest absolute Gasteiger partial charge is 0.380 e. The van der Waals surface area contributed by atoms with E-state index in [9.17, 15) is 0 Å². The molecule has 7 nitrogen and oxygen atoms in total. The van der Waals surface area contributed by atoms with Crippen LogP contribution in [0.15, 0.2) is 18.5 Å². The van der Waals surface area contributed by atoms with Crippen molar-refractivity contribution in [1.82, 2.24) is 29.6 Å². The van der Waals surface area contributed by atoms with Crippen molar-refractivity contribution in [1.29, 1.82) is 0 Å². The number of hydrogen-bond acceptors (Lipinski definition) is 5. The van der Waals surface area contributed by atoms with Crippen molar-refractivity contribution < 1.29 is 0 Å². The lowest BCUT2D eigenvalue weighted by molar-refractivity contribution is 0.498. The van der Waals surface area contributed by atoms with Crippen molar-refractivity contribution in [2.24, 2.45) is 0 Å². The molecule has 1 unspecified atom stereocenters. The average molecular weight is 313 g/mol. The molecule has 0 saturated carbocycles. The molecule has 3 heterocycles. The quantitative estimate of drug-likeness (QED) is 0.784. The Bertz CT molecular complexity index is 815. The van der Waals surface area contributed by atoms with Gasteiger partial charge in [0.2, 0.25) is 5.65 Å². The highest BCUT2D eigenvalue weighted by molar-refractivity contribution is 5.66. The van der Waals surface area contributed by atoms with Gasteiger partial charge in [0.15, 0.2) is 0 Å². The van der Waals surface area contributed by atoms with Gasteiger partial charge in [-0.15, -0.1) is 10.2 Å². The van der Waals surface area contributed by atoms with E-state index in [1.165, 1.54) is 5.69 Å². The molecule has 7 heteroatoms. The molecule has 1 N–H and O–H groups in total. The van der Waals surface area contributed by atoms with E-state index in [2.05, 4.69) is 65.5 Å². The van der Waals surface area contributed by atoms with Gasteiger partial charge in [0.05, 0.1) is 23.1 Å². The molecule has 0 amide bonds. The third-order valence-electron chi connectivity index (χ3n) is 3.93. The number of anilines is 1. The molecule has 1 atom stereocenters. The van der Waals surface area contributed by atoms with Crippen molar-refractivity contribution in [2.45, 2.75) is 46.6 Å². The third kappa shape index (κ3) is 3.04. The standard InChI is InChI=1S/C16H23N7/c1-10(2)14-7-15(16-19-18-9-22(16)21-14)17-8-13(5)23-12(4)6-11(3)20-23/h6-7,9-10,13,17H,8H2,1-5H3. The second-order valence-corrected chi connectivity index (χ2v) is 6.34. The smallest absolute Gasteiger partial charge is 0.200 e. The molecule has 3 aromatic rings. The van der Waals surface area contributed by atoms with Crippen molar-refractivity contribution in [3.8, 4) is 0 Å². The first kappa shape index (κ1) is 15.5. The SMILES string of the molecule is Cc1cc(C)n(C(C)CNc2cc(C(C)C)nn3cnnc23)n1. The van der Waals surface area contributed by atoms with E-state index in [1.807, 2.05) is 11.6 Å². The summed E-state index contributed by atoms with van der Waals surface area (Å²) < 4.78 is 3.78. The Morgan fingerprint density at radius 1 is 1.13 bits per heavy atom. The Morgan fingerprint density at radius 3 is 2.57 bits per heavy atom. The lowest BCUT2D eigenvalue weighted by Gasteiger charge is -2.17. The first-order valence-electron chi connectivity index (χ1n) is 7.93. The van der Waals surface area contributed by atoms with E-state index in [0.717, 1.165) is 29.3 Å². The Balaban J connectivity index is 1.83. The van der Waals surface area contributed by atoms with Gasteiger partial charge in [0, 0.05) is 12.2 Å². The summed E-state index contributed by atoms with van der Waals surface area (Å²) in [6.45, 7) is 11.3. The van der Waals surface area contributed by atoms with Gasteiger partial charge in [0.1, 0.15) is 6.33 Å². The number of aromatic nitrogens is 6. The lowest BCUT2D eigenvalue weighted by atomic mass is 10.1. The summed E-state index contributed by atoms with van der Waals surface area (Å²) in [7, 11) is 0. The normalized spacial score (nSPS) is 13.0. The monoisotopic (exact) mass is 313 g/mol. The highest BCUT2D eigenvalue weighted by Crippen LogP contribution is 2.21. The molecular weight excluding hydrogens is 290 g/mol. The predicted molar refractivity (Wildman–Crippen MR) is 89.8 cm³/mol. The maximum Gasteiger partial charge on any atom is 0.200 e. The number of nitrogens with zero attached hydrogens (tertiary/aromatic N) is 6. The van der Waals surface area contributed by atoms with E-state index in [4.69, 9.17) is 0 Å². The van der Waals surface area contributed by atoms with E-state index in [0.29, 0.717) is 5.92 Å². The molecule has 0 spiro atoms. The molecule has 122 valence electrons. The number of aryl methyl sites for hydroxylation is 2. The molecular formula is C16H23N7. The van der Waals surface area contributed by atoms with Gasteiger partial charge in [-0.3, -0.25) is 4.68 Å². The Labute approximate surface area is 135 Å². The van der Waals surface area contributed by atoms with Gasteiger partial charge in [0.25, 0.3) is 0 Å². The van der Waals surface area contributed by atoms with Gasteiger partial charge in [-0.1, -0.05) is 13.8 Å². The van der Waals surface area contributed by atoms with E-state index in [-0.39, 0.29) is 6.04 Å². The maximum absolute atomic E-state index is 4.55. The van der Waals surface area contributed by atoms with Crippen molar-refractivity contribution in [2.75, 3.05) is 11.9 Å². The summed E-state index contributed by atoms with van der Waals surface area (Å²) >= 11 is 0. The Kier molecular flexibility index (Phi) is 4.02. The van der Waals surface area contributed by atoms with E-state index >= 15 is 0 Å². The van der Waals surface area contributed by atoms with Crippen LogP contribution >= 0.6 is 0 Å². The minimum Gasteiger partial charge on any atom is -0.380 e. The lowest BCUT2D eigenvalue weighted by Crippen LogP contribution is -2.19. The summed E-state index contributed by atoms with van der Waals surface area (Å²) in [5, 5.41) is 20.7. The van der Waals surface area contributed by atoms with E-state index in [1.54, 1.807) is 10.8 Å². The van der Waals surface area contributed by atoms with Crippen LogP contribution in [0.3, 0.4) is 0 Å². The molecule has 23 heavy (non-hydrogen) atoms. The minimum absolute atomic E-state index is 0.238. The van der Waals surface area contributed by atoms with Crippen LogP contribution in [0.25, 0.3) is 5.65 Å². The topological polar surface area (TPSA) is 72.9 Å². The zero-order valence-electron chi connectivity index (χ0n) is 14.3. The minimum atomic E-state index is 0.238. The van der Waals surface area contributed by atoms with Gasteiger partial charge < -0.3 is 5.32 Å². The van der Waals surface area contributed by atoms with Gasteiger partial charge >= 0.3 is 0 Å². The fourth-order valence-corrected chi connectivity index (χ4v) is 2.69. The number of rotatable bonds is 5. The molecule has 3 rings (SSSR count). The molecule has 0 saturated heterocycles. The number of hydrogen-bond donors (Lipinski definition) is 1. The van der Waals surface area contributed by atoms with Gasteiger partial charge in [-0.05, 0) is 38.8 Å². The van der Waals surface area contributed by atoms with Crippen LogP contribution in [0.2, 0.25) is 0 Å². The van der Waals surface area contributed by atoms with Crippen LogP contribution in [-0.2, 0) is 0 Å². The zero-order valence-corrected chi connectivity index (χ0v) is 14.3. The second-order valence-electron chi connectivity index (χ2n) is 6.34. The summed E-state index contributed by atoms with van der Waals surface area (Å²) in [6, 6.07) is 4.39. The fraction of sp³-hybridized carbons (Fsp3) is 0.500. The highest BCUT2D eigenvalue weighted by atomic mass is 15.4. The zero-order chi connectivity index (χ0) is 16.6. The fourth-order valence-electron chi connectivity index (χ4n) is 2.69.